The van der Waals surface area contributed by atoms with Gasteiger partial charge in [0.05, 0.1) is 17.7 Å². The molecule has 1 aliphatic rings. The maximum Gasteiger partial charge on any atom is 0.309 e. The molecule has 1 fully saturated rings. The van der Waals surface area contributed by atoms with Gasteiger partial charge < -0.3 is 14.6 Å². The van der Waals surface area contributed by atoms with Crippen LogP contribution in [-0.4, -0.2) is 55.1 Å². The van der Waals surface area contributed by atoms with Crippen LogP contribution in [0.4, 0.5) is 10.2 Å². The molecule has 9 nitrogen and oxygen atoms in total. The number of hydrogen-bond donors (Lipinski definition) is 1. The van der Waals surface area contributed by atoms with Gasteiger partial charge >= 0.3 is 5.97 Å². The van der Waals surface area contributed by atoms with Gasteiger partial charge in [0.2, 0.25) is 10.0 Å². The number of amides is 1. The molecule has 0 aliphatic carbocycles. The van der Waals surface area contributed by atoms with E-state index in [1.54, 1.807) is 23.6 Å². The van der Waals surface area contributed by atoms with Crippen molar-refractivity contribution in [1.82, 2.24) is 8.87 Å². The van der Waals surface area contributed by atoms with Gasteiger partial charge in [-0.25, -0.2) is 17.1 Å². The molecule has 2 heterocycles. The van der Waals surface area contributed by atoms with Crippen LogP contribution in [0.15, 0.2) is 24.3 Å². The maximum atomic E-state index is 13.3. The number of piperidine rings is 1. The highest BCUT2D eigenvalue weighted by molar-refractivity contribution is 7.88. The van der Waals surface area contributed by atoms with Gasteiger partial charge in [-0.3, -0.25) is 9.59 Å². The minimum Gasteiger partial charge on any atom is -0.455 e. The summed E-state index contributed by atoms with van der Waals surface area (Å²) in [4.78, 5) is 24.9. The Bertz CT molecular complexity index is 1220. The van der Waals surface area contributed by atoms with Crippen LogP contribution in [0.3, 0.4) is 0 Å². The molecule has 1 aliphatic heterocycles. The lowest BCUT2D eigenvalue weighted by Gasteiger charge is -2.28. The van der Waals surface area contributed by atoms with Gasteiger partial charge in [0.15, 0.2) is 6.61 Å². The number of carbonyl (C=O) groups is 2. The average Bonchev–Trinajstić information content (AvgIpc) is 3.02. The molecular weight excluding hydrogens is 463 g/mol. The lowest BCUT2D eigenvalue weighted by molar-refractivity contribution is -0.152. The van der Waals surface area contributed by atoms with Crippen LogP contribution >= 0.6 is 0 Å². The monoisotopic (exact) mass is 490 g/mol. The van der Waals surface area contributed by atoms with Gasteiger partial charge in [0.1, 0.15) is 17.7 Å². The highest BCUT2D eigenvalue weighted by Crippen LogP contribution is 2.27. The van der Waals surface area contributed by atoms with Gasteiger partial charge in [-0.2, -0.15) is 5.26 Å². The Morgan fingerprint density at radius 3 is 2.38 bits per heavy atom. The zero-order valence-electron chi connectivity index (χ0n) is 19.3. The lowest BCUT2D eigenvalue weighted by atomic mass is 9.98. The number of carbonyl (C=O) groups excluding carboxylic acids is 2. The summed E-state index contributed by atoms with van der Waals surface area (Å²) in [5.41, 5.74) is 2.55. The summed E-state index contributed by atoms with van der Waals surface area (Å²) >= 11 is 0. The van der Waals surface area contributed by atoms with Gasteiger partial charge in [0, 0.05) is 25.3 Å². The molecule has 1 saturated heterocycles. The van der Waals surface area contributed by atoms with Crippen molar-refractivity contribution < 1.29 is 27.1 Å². The Morgan fingerprint density at radius 1 is 1.21 bits per heavy atom. The van der Waals surface area contributed by atoms with E-state index < -0.39 is 34.4 Å². The molecule has 34 heavy (non-hydrogen) atoms. The fourth-order valence-electron chi connectivity index (χ4n) is 3.95. The minimum absolute atomic E-state index is 0.228. The summed E-state index contributed by atoms with van der Waals surface area (Å²) in [6.07, 6.45) is 1.77. The van der Waals surface area contributed by atoms with Crippen molar-refractivity contribution in [1.29, 1.82) is 5.26 Å². The highest BCUT2D eigenvalue weighted by Gasteiger charge is 2.30. The van der Waals surface area contributed by atoms with E-state index >= 15 is 0 Å². The zero-order valence-corrected chi connectivity index (χ0v) is 20.1. The number of rotatable bonds is 7. The van der Waals surface area contributed by atoms with Crippen LogP contribution in [0, 0.1) is 36.9 Å². The van der Waals surface area contributed by atoms with Crippen molar-refractivity contribution >= 4 is 27.7 Å². The number of nitrogens with one attached hydrogen (secondary N) is 1. The third kappa shape index (κ3) is 5.81. The second-order valence-electron chi connectivity index (χ2n) is 8.35. The van der Waals surface area contributed by atoms with Crippen LogP contribution in [0.1, 0.15) is 35.2 Å². The molecule has 0 unspecified atom stereocenters. The molecule has 1 aromatic heterocycles. The van der Waals surface area contributed by atoms with E-state index in [9.17, 15) is 27.7 Å². The molecule has 3 rings (SSSR count). The van der Waals surface area contributed by atoms with Gasteiger partial charge in [-0.1, -0.05) is 12.1 Å². The van der Waals surface area contributed by atoms with Crippen LogP contribution in [0.5, 0.6) is 0 Å². The van der Waals surface area contributed by atoms with Crippen molar-refractivity contribution in [3.8, 4) is 6.07 Å². The Morgan fingerprint density at radius 2 is 1.82 bits per heavy atom. The fourth-order valence-corrected chi connectivity index (χ4v) is 4.82. The van der Waals surface area contributed by atoms with Crippen LogP contribution in [-0.2, 0) is 30.9 Å². The number of benzene rings is 1. The molecule has 0 spiro atoms. The summed E-state index contributed by atoms with van der Waals surface area (Å²) < 4.78 is 44.7. The van der Waals surface area contributed by atoms with Gasteiger partial charge in [-0.05, 0) is 49.9 Å². The third-order valence-corrected chi connectivity index (χ3v) is 7.36. The summed E-state index contributed by atoms with van der Waals surface area (Å²) in [6.45, 7) is 3.82. The molecule has 1 N–H and O–H groups in total. The largest absolute Gasteiger partial charge is 0.455 e. The predicted octanol–water partition coefficient (Wildman–Crippen LogP) is 2.32. The van der Waals surface area contributed by atoms with Gasteiger partial charge in [0.25, 0.3) is 5.91 Å². The quantitative estimate of drug-likeness (QED) is 0.595. The van der Waals surface area contributed by atoms with Crippen molar-refractivity contribution in [2.24, 2.45) is 5.92 Å². The standard InChI is InChI=1S/C23H27FN4O5S/c1-15-16(2)28(13-17-4-6-19(24)7-5-17)22(20(15)12-25)26-21(29)14-33-23(30)18-8-10-27(11-9-18)34(3,31)32/h4-7,18H,8-11,13-14H2,1-3H3,(H,26,29). The molecule has 0 radical (unpaired) electrons. The number of aromatic nitrogens is 1. The normalized spacial score (nSPS) is 15.0. The molecule has 1 aromatic carbocycles. The summed E-state index contributed by atoms with van der Waals surface area (Å²) in [5.74, 6) is -1.72. The number of esters is 1. The SMILES string of the molecule is Cc1c(C#N)c(NC(=O)COC(=O)C2CCN(S(C)(=O)=O)CC2)n(Cc2ccc(F)cc2)c1C. The second kappa shape index (κ2) is 10.4. The first-order valence-electron chi connectivity index (χ1n) is 10.8. The Labute approximate surface area is 198 Å². The maximum absolute atomic E-state index is 13.3. The number of hydrogen-bond acceptors (Lipinski definition) is 6. The average molecular weight is 491 g/mol. The van der Waals surface area contributed by atoms with Crippen LogP contribution in [0.2, 0.25) is 0 Å². The van der Waals surface area contributed by atoms with E-state index in [2.05, 4.69) is 11.4 Å². The van der Waals surface area contributed by atoms with Crippen LogP contribution < -0.4 is 5.32 Å². The molecule has 0 atom stereocenters. The van der Waals surface area contributed by atoms with Crippen molar-refractivity contribution in [3.63, 3.8) is 0 Å². The van der Waals surface area contributed by atoms with E-state index in [-0.39, 0.29) is 24.7 Å². The topological polar surface area (TPSA) is 122 Å². The fraction of sp³-hybridized carbons (Fsp3) is 0.435. The molecule has 11 heteroatoms. The molecular formula is C23H27FN4O5S. The molecule has 2 aromatic rings. The Hall–Kier alpha value is -3.23. The highest BCUT2D eigenvalue weighted by atomic mass is 32.2. The summed E-state index contributed by atoms with van der Waals surface area (Å²) in [5, 5.41) is 12.3. The number of nitriles is 1. The number of nitrogens with zero attached hydrogens (tertiary/aromatic N) is 3. The first-order chi connectivity index (χ1) is 16.0. The van der Waals surface area contributed by atoms with Crippen molar-refractivity contribution in [3.05, 3.63) is 52.5 Å². The van der Waals surface area contributed by atoms with Crippen molar-refractivity contribution in [2.45, 2.75) is 33.2 Å². The summed E-state index contributed by atoms with van der Waals surface area (Å²) in [6, 6.07) is 8.02. The van der Waals surface area contributed by atoms with E-state index in [1.165, 1.54) is 16.4 Å². The second-order valence-corrected chi connectivity index (χ2v) is 10.3. The molecule has 0 saturated carbocycles. The van der Waals surface area contributed by atoms with E-state index in [0.29, 0.717) is 30.5 Å². The Kier molecular flexibility index (Phi) is 7.74. The molecule has 182 valence electrons. The summed E-state index contributed by atoms with van der Waals surface area (Å²) in [7, 11) is -3.30. The van der Waals surface area contributed by atoms with Crippen molar-refractivity contribution in [2.75, 3.05) is 31.3 Å². The lowest BCUT2D eigenvalue weighted by Crippen LogP contribution is -2.40. The zero-order chi connectivity index (χ0) is 25.0. The number of sulfonamides is 1. The first-order valence-corrected chi connectivity index (χ1v) is 12.6. The number of halogens is 1. The van der Waals surface area contributed by atoms with Gasteiger partial charge in [-0.15, -0.1) is 0 Å². The van der Waals surface area contributed by atoms with E-state index in [0.717, 1.165) is 17.5 Å². The van der Waals surface area contributed by atoms with Crippen LogP contribution in [0.25, 0.3) is 0 Å². The molecule has 0 bridgehead atoms. The minimum atomic E-state index is -3.30. The Balaban J connectivity index is 1.65. The predicted molar refractivity (Wildman–Crippen MR) is 123 cm³/mol. The van der Waals surface area contributed by atoms with E-state index in [1.807, 2.05) is 6.92 Å². The first kappa shape index (κ1) is 25.4. The number of anilines is 1. The van der Waals surface area contributed by atoms with E-state index in [4.69, 9.17) is 4.74 Å². The molecule has 1 amide bonds. The smallest absolute Gasteiger partial charge is 0.309 e. The third-order valence-electron chi connectivity index (χ3n) is 6.05. The number of ether oxygens (including phenoxy) is 1.